The lowest BCUT2D eigenvalue weighted by Gasteiger charge is -2.57. The number of halogens is 1. The summed E-state index contributed by atoms with van der Waals surface area (Å²) in [7, 11) is 0. The summed E-state index contributed by atoms with van der Waals surface area (Å²) in [4.78, 5) is 19.3. The zero-order chi connectivity index (χ0) is 22.2. The van der Waals surface area contributed by atoms with E-state index in [4.69, 9.17) is 0 Å². The van der Waals surface area contributed by atoms with Crippen molar-refractivity contribution < 1.29 is 9.18 Å². The van der Waals surface area contributed by atoms with Crippen molar-refractivity contribution in [2.75, 3.05) is 6.54 Å². The number of benzene rings is 2. The number of H-pyrrole nitrogens is 1. The van der Waals surface area contributed by atoms with Gasteiger partial charge in [-0.15, -0.1) is 0 Å². The molecule has 3 aromatic rings. The van der Waals surface area contributed by atoms with Crippen molar-refractivity contribution in [2.24, 2.45) is 17.8 Å². The number of carbonyl (C=O) groups excluding carboxylic acids is 1. The van der Waals surface area contributed by atoms with Gasteiger partial charge in [0.1, 0.15) is 11.9 Å². The summed E-state index contributed by atoms with van der Waals surface area (Å²) in [6, 6.07) is 14.7. The molecular weight excluding hydrogens is 413 g/mol. The van der Waals surface area contributed by atoms with Crippen molar-refractivity contribution in [2.45, 2.75) is 56.5 Å². The first kappa shape index (κ1) is 19.6. The maximum absolute atomic E-state index is 15.1. The summed E-state index contributed by atoms with van der Waals surface area (Å²) in [6.07, 6.45) is 8.14. The Morgan fingerprint density at radius 3 is 2.36 bits per heavy atom. The Kier molecular flexibility index (Phi) is 4.22. The second kappa shape index (κ2) is 7.09. The average molecular weight is 444 g/mol. The first-order valence-electron chi connectivity index (χ1n) is 12.5. The third kappa shape index (κ3) is 3.04. The predicted octanol–water partition coefficient (Wildman–Crippen LogP) is 5.93. The molecule has 33 heavy (non-hydrogen) atoms. The van der Waals surface area contributed by atoms with E-state index in [1.807, 2.05) is 29.2 Å². The van der Waals surface area contributed by atoms with Crippen LogP contribution in [0.25, 0.3) is 10.9 Å². The molecule has 1 aromatic heterocycles. The van der Waals surface area contributed by atoms with Gasteiger partial charge in [-0.2, -0.15) is 0 Å². The summed E-state index contributed by atoms with van der Waals surface area (Å²) in [6.45, 7) is 0.589. The maximum atomic E-state index is 15.1. The second-order valence-corrected chi connectivity index (χ2v) is 11.1. The van der Waals surface area contributed by atoms with E-state index in [0.717, 1.165) is 54.6 Å². The number of amides is 2. The Balaban J connectivity index is 1.28. The Morgan fingerprint density at radius 2 is 1.64 bits per heavy atom. The number of aromatic amines is 1. The van der Waals surface area contributed by atoms with E-state index in [0.29, 0.717) is 12.1 Å². The second-order valence-electron chi connectivity index (χ2n) is 11.1. The molecule has 0 spiro atoms. The van der Waals surface area contributed by atoms with Gasteiger partial charge in [0.2, 0.25) is 0 Å². The van der Waals surface area contributed by atoms with Gasteiger partial charge in [-0.1, -0.05) is 36.4 Å². The number of rotatable bonds is 2. The molecule has 170 valence electrons. The third-order valence-electron chi connectivity index (χ3n) is 8.91. The van der Waals surface area contributed by atoms with Gasteiger partial charge >= 0.3 is 6.03 Å². The van der Waals surface area contributed by atoms with E-state index in [1.165, 1.54) is 36.3 Å². The number of aromatic nitrogens is 1. The van der Waals surface area contributed by atoms with Crippen molar-refractivity contribution in [1.29, 1.82) is 0 Å². The fraction of sp³-hybridized carbons (Fsp3) is 0.464. The topological polar surface area (TPSA) is 48.1 Å². The molecule has 2 aromatic carbocycles. The Morgan fingerprint density at radius 1 is 0.970 bits per heavy atom. The van der Waals surface area contributed by atoms with Gasteiger partial charge < -0.3 is 15.2 Å². The quantitative estimate of drug-likeness (QED) is 0.506. The SMILES string of the molecule is O=C(NC12CC3CC(CC(C3)C1)C2)N1CCc2c([nH]c3ccccc23)[C@H]1c1ccccc1F. The van der Waals surface area contributed by atoms with Crippen LogP contribution in [0, 0.1) is 23.6 Å². The minimum atomic E-state index is -0.448. The molecule has 0 saturated heterocycles. The molecule has 2 amide bonds. The molecule has 0 radical (unpaired) electrons. The highest BCUT2D eigenvalue weighted by atomic mass is 19.1. The molecular formula is C28H30FN3O. The van der Waals surface area contributed by atoms with Crippen LogP contribution in [0.4, 0.5) is 9.18 Å². The number of nitrogens with one attached hydrogen (secondary N) is 2. The van der Waals surface area contributed by atoms with Crippen molar-refractivity contribution in [3.05, 3.63) is 71.2 Å². The normalized spacial score (nSPS) is 32.2. The summed E-state index contributed by atoms with van der Waals surface area (Å²) in [5.74, 6) is 2.03. The standard InChI is InChI=1S/C28H30FN3O/c29-23-7-3-1-6-22(23)26-25-21(20-5-2-4-8-24(20)30-25)9-10-32(26)27(33)31-28-14-17-11-18(15-28)13-19(12-17)16-28/h1-8,17-19,26,30H,9-16H2,(H,31,33)/t17?,18?,19?,26-,28?/m1/s1. The number of carbonyl (C=O) groups is 1. The molecule has 4 aliphatic carbocycles. The number of hydrogen-bond donors (Lipinski definition) is 2. The maximum Gasteiger partial charge on any atom is 0.318 e. The van der Waals surface area contributed by atoms with E-state index in [-0.39, 0.29) is 17.4 Å². The van der Waals surface area contributed by atoms with Gasteiger partial charge in [-0.3, -0.25) is 0 Å². The van der Waals surface area contributed by atoms with Crippen LogP contribution in [0.3, 0.4) is 0 Å². The van der Waals surface area contributed by atoms with Crippen molar-refractivity contribution in [1.82, 2.24) is 15.2 Å². The highest BCUT2D eigenvalue weighted by Gasteiger charge is 2.52. The molecule has 4 fully saturated rings. The van der Waals surface area contributed by atoms with Crippen molar-refractivity contribution >= 4 is 16.9 Å². The molecule has 4 bridgehead atoms. The fourth-order valence-corrected chi connectivity index (χ4v) is 8.04. The first-order chi connectivity index (χ1) is 16.1. The lowest BCUT2D eigenvalue weighted by molar-refractivity contribution is -0.0163. The number of urea groups is 1. The summed E-state index contributed by atoms with van der Waals surface area (Å²) in [5, 5.41) is 4.70. The predicted molar refractivity (Wildman–Crippen MR) is 126 cm³/mol. The Labute approximate surface area is 193 Å². The molecule has 2 heterocycles. The summed E-state index contributed by atoms with van der Waals surface area (Å²) in [5.41, 5.74) is 3.70. The van der Waals surface area contributed by atoms with Crippen molar-refractivity contribution in [3.63, 3.8) is 0 Å². The monoisotopic (exact) mass is 443 g/mol. The molecule has 4 nitrogen and oxygen atoms in total. The molecule has 1 aliphatic heterocycles. The van der Waals surface area contributed by atoms with E-state index in [2.05, 4.69) is 22.4 Å². The Bertz CT molecular complexity index is 1210. The van der Waals surface area contributed by atoms with Crippen LogP contribution in [-0.2, 0) is 6.42 Å². The summed E-state index contributed by atoms with van der Waals surface area (Å²) >= 11 is 0. The summed E-state index contributed by atoms with van der Waals surface area (Å²) < 4.78 is 15.1. The van der Waals surface area contributed by atoms with Crippen LogP contribution < -0.4 is 5.32 Å². The van der Waals surface area contributed by atoms with Gasteiger partial charge in [0.25, 0.3) is 0 Å². The van der Waals surface area contributed by atoms with E-state index in [9.17, 15) is 4.79 Å². The minimum Gasteiger partial charge on any atom is -0.356 e. The van der Waals surface area contributed by atoms with Crippen LogP contribution >= 0.6 is 0 Å². The fourth-order valence-electron chi connectivity index (χ4n) is 8.04. The number of nitrogens with zero attached hydrogens (tertiary/aromatic N) is 1. The van der Waals surface area contributed by atoms with Crippen LogP contribution in [0.1, 0.15) is 61.4 Å². The highest BCUT2D eigenvalue weighted by molar-refractivity contribution is 5.86. The van der Waals surface area contributed by atoms with Crippen LogP contribution in [0.5, 0.6) is 0 Å². The van der Waals surface area contributed by atoms with Crippen molar-refractivity contribution in [3.8, 4) is 0 Å². The van der Waals surface area contributed by atoms with Gasteiger partial charge in [0, 0.05) is 34.2 Å². The smallest absolute Gasteiger partial charge is 0.318 e. The molecule has 5 aliphatic rings. The Hall–Kier alpha value is -2.82. The molecule has 0 unspecified atom stereocenters. The molecule has 2 N–H and O–H groups in total. The molecule has 4 saturated carbocycles. The van der Waals surface area contributed by atoms with E-state index < -0.39 is 6.04 Å². The van der Waals surface area contributed by atoms with Crippen LogP contribution in [0.15, 0.2) is 48.5 Å². The van der Waals surface area contributed by atoms with E-state index in [1.54, 1.807) is 6.07 Å². The minimum absolute atomic E-state index is 0.0329. The molecule has 8 rings (SSSR count). The van der Waals surface area contributed by atoms with Gasteiger partial charge in [0.15, 0.2) is 0 Å². The zero-order valence-electron chi connectivity index (χ0n) is 18.8. The van der Waals surface area contributed by atoms with Crippen LogP contribution in [0.2, 0.25) is 0 Å². The van der Waals surface area contributed by atoms with E-state index >= 15 is 4.39 Å². The lowest BCUT2D eigenvalue weighted by atomic mass is 9.53. The molecule has 1 atom stereocenters. The lowest BCUT2D eigenvalue weighted by Crippen LogP contribution is -2.62. The molecule has 5 heteroatoms. The van der Waals surface area contributed by atoms with Gasteiger partial charge in [-0.25, -0.2) is 9.18 Å². The zero-order valence-corrected chi connectivity index (χ0v) is 18.8. The highest BCUT2D eigenvalue weighted by Crippen LogP contribution is 2.55. The average Bonchev–Trinajstić information content (AvgIpc) is 3.16. The number of fused-ring (bicyclic) bond motifs is 3. The first-order valence-corrected chi connectivity index (χ1v) is 12.5. The van der Waals surface area contributed by atoms with Gasteiger partial charge in [0.05, 0.1) is 0 Å². The van der Waals surface area contributed by atoms with Crippen LogP contribution in [-0.4, -0.2) is 28.0 Å². The number of para-hydroxylation sites is 1. The third-order valence-corrected chi connectivity index (χ3v) is 8.91. The largest absolute Gasteiger partial charge is 0.356 e. The number of hydrogen-bond acceptors (Lipinski definition) is 1. The van der Waals surface area contributed by atoms with Gasteiger partial charge in [-0.05, 0) is 80.4 Å².